The Hall–Kier alpha value is -2.09. The summed E-state index contributed by atoms with van der Waals surface area (Å²) in [4.78, 5) is 20.5. The Balaban J connectivity index is 1.97. The van der Waals surface area contributed by atoms with Gasteiger partial charge >= 0.3 is 0 Å². The summed E-state index contributed by atoms with van der Waals surface area (Å²) in [5, 5.41) is 4.50. The number of hydrogen-bond donors (Lipinski definition) is 2. The van der Waals surface area contributed by atoms with E-state index in [2.05, 4.69) is 37.2 Å². The van der Waals surface area contributed by atoms with Crippen molar-refractivity contribution in [1.82, 2.24) is 24.9 Å². The third-order valence-electron chi connectivity index (χ3n) is 2.98. The van der Waals surface area contributed by atoms with Gasteiger partial charge in [-0.25, -0.2) is 15.0 Å². The van der Waals surface area contributed by atoms with Crippen LogP contribution >= 0.6 is 11.8 Å². The molecule has 0 aliphatic carbocycles. The Morgan fingerprint density at radius 1 is 1.29 bits per heavy atom. The number of H-pyrrole nitrogens is 1. The number of aromatic nitrogens is 5. The van der Waals surface area contributed by atoms with Gasteiger partial charge in [-0.1, -0.05) is 6.92 Å². The van der Waals surface area contributed by atoms with E-state index >= 15 is 0 Å². The predicted molar refractivity (Wildman–Crippen MR) is 80.6 cm³/mol. The molecule has 0 radical (unpaired) electrons. The second-order valence-corrected chi connectivity index (χ2v) is 5.54. The summed E-state index contributed by atoms with van der Waals surface area (Å²) in [6.45, 7) is 6.72. The van der Waals surface area contributed by atoms with Gasteiger partial charge in [-0.15, -0.1) is 0 Å². The Kier molecular flexibility index (Phi) is 3.78. The molecular weight excluding hydrogens is 288 g/mol. The van der Waals surface area contributed by atoms with Crippen molar-refractivity contribution < 1.29 is 4.42 Å². The molecule has 8 heteroatoms. The molecule has 0 saturated heterocycles. The fourth-order valence-electron chi connectivity index (χ4n) is 1.77. The van der Waals surface area contributed by atoms with E-state index in [1.807, 2.05) is 13.8 Å². The minimum absolute atomic E-state index is 0.568. The first-order valence-electron chi connectivity index (χ1n) is 6.74. The van der Waals surface area contributed by atoms with Gasteiger partial charge in [-0.05, 0) is 32.0 Å². The molecule has 0 atom stereocenters. The van der Waals surface area contributed by atoms with Crippen LogP contribution in [0, 0.1) is 13.8 Å². The van der Waals surface area contributed by atoms with Gasteiger partial charge in [-0.3, -0.25) is 0 Å². The van der Waals surface area contributed by atoms with Crippen molar-refractivity contribution in [2.75, 3.05) is 11.9 Å². The first kappa shape index (κ1) is 13.9. The van der Waals surface area contributed by atoms with E-state index in [4.69, 9.17) is 4.42 Å². The Morgan fingerprint density at radius 3 is 2.86 bits per heavy atom. The van der Waals surface area contributed by atoms with Crippen LogP contribution in [0.3, 0.4) is 0 Å². The van der Waals surface area contributed by atoms with Gasteiger partial charge in [0, 0.05) is 6.54 Å². The lowest BCUT2D eigenvalue weighted by molar-refractivity contribution is 0.431. The lowest BCUT2D eigenvalue weighted by Gasteiger charge is -2.05. The van der Waals surface area contributed by atoms with Crippen molar-refractivity contribution in [2.45, 2.75) is 37.4 Å². The molecule has 0 fully saturated rings. The molecule has 2 N–H and O–H groups in total. The number of aryl methyl sites for hydroxylation is 2. The van der Waals surface area contributed by atoms with Gasteiger partial charge in [0.25, 0.3) is 5.22 Å². The number of oxazole rings is 1. The van der Waals surface area contributed by atoms with Crippen LogP contribution in [0.15, 0.2) is 21.0 Å². The molecule has 7 nitrogen and oxygen atoms in total. The summed E-state index contributed by atoms with van der Waals surface area (Å²) < 4.78 is 5.60. The van der Waals surface area contributed by atoms with E-state index in [-0.39, 0.29) is 0 Å². The number of fused-ring (bicyclic) bond motifs is 1. The van der Waals surface area contributed by atoms with Crippen molar-refractivity contribution >= 4 is 28.9 Å². The summed E-state index contributed by atoms with van der Waals surface area (Å²) in [5.74, 6) is 1.38. The zero-order valence-electron chi connectivity index (χ0n) is 12.1. The van der Waals surface area contributed by atoms with Crippen LogP contribution in [0.1, 0.15) is 24.8 Å². The lowest BCUT2D eigenvalue weighted by Crippen LogP contribution is -2.05. The number of hydrogen-bond acceptors (Lipinski definition) is 7. The van der Waals surface area contributed by atoms with Gasteiger partial charge in [0.05, 0.1) is 12.0 Å². The normalized spacial score (nSPS) is 11.2. The first-order valence-corrected chi connectivity index (χ1v) is 7.56. The molecule has 0 spiro atoms. The molecule has 3 heterocycles. The average molecular weight is 304 g/mol. The SMILES string of the molecule is CCCNc1nc(Sc2nc(C)c(C)o2)c2[nH]cnc2n1. The number of nitrogens with zero attached hydrogens (tertiary/aromatic N) is 4. The number of anilines is 1. The molecule has 0 unspecified atom stereocenters. The average Bonchev–Trinajstić information content (AvgIpc) is 3.04. The van der Waals surface area contributed by atoms with Crippen molar-refractivity contribution in [3.8, 4) is 0 Å². The molecule has 0 bridgehead atoms. The monoisotopic (exact) mass is 304 g/mol. The standard InChI is InChI=1S/C13H16N6OS/c1-4-5-14-12-18-10-9(15-6-16-10)11(19-12)21-13-17-7(2)8(3)20-13/h6H,4-5H2,1-3H3,(H2,14,15,16,18,19). The molecule has 0 aliphatic heterocycles. The summed E-state index contributed by atoms with van der Waals surface area (Å²) >= 11 is 1.36. The molecule has 0 amide bonds. The highest BCUT2D eigenvalue weighted by atomic mass is 32.2. The first-order chi connectivity index (χ1) is 10.2. The number of rotatable bonds is 5. The smallest absolute Gasteiger partial charge is 0.262 e. The third kappa shape index (κ3) is 2.85. The van der Waals surface area contributed by atoms with Crippen LogP contribution in [0.4, 0.5) is 5.95 Å². The highest BCUT2D eigenvalue weighted by Crippen LogP contribution is 2.31. The van der Waals surface area contributed by atoms with Crippen molar-refractivity contribution in [3.05, 3.63) is 17.8 Å². The fraction of sp³-hybridized carbons (Fsp3) is 0.385. The predicted octanol–water partition coefficient (Wildman–Crippen LogP) is 2.93. The van der Waals surface area contributed by atoms with Crippen molar-refractivity contribution in [3.63, 3.8) is 0 Å². The van der Waals surface area contributed by atoms with Crippen molar-refractivity contribution in [1.29, 1.82) is 0 Å². The highest BCUT2D eigenvalue weighted by Gasteiger charge is 2.15. The number of nitrogens with one attached hydrogen (secondary N) is 2. The number of aromatic amines is 1. The molecule has 110 valence electrons. The quantitative estimate of drug-likeness (QED) is 0.700. The van der Waals surface area contributed by atoms with Gasteiger partial charge in [-0.2, -0.15) is 4.98 Å². The van der Waals surface area contributed by atoms with Gasteiger partial charge < -0.3 is 14.7 Å². The molecule has 0 saturated carbocycles. The molecule has 0 aliphatic rings. The lowest BCUT2D eigenvalue weighted by atomic mass is 10.4. The van der Waals surface area contributed by atoms with E-state index in [1.54, 1.807) is 6.33 Å². The van der Waals surface area contributed by atoms with Crippen LogP contribution in [-0.2, 0) is 0 Å². The summed E-state index contributed by atoms with van der Waals surface area (Å²) in [6.07, 6.45) is 2.61. The van der Waals surface area contributed by atoms with Gasteiger partial charge in [0.2, 0.25) is 5.95 Å². The third-order valence-corrected chi connectivity index (χ3v) is 3.82. The molecular formula is C13H16N6OS. The molecule has 21 heavy (non-hydrogen) atoms. The van der Waals surface area contributed by atoms with E-state index in [0.29, 0.717) is 16.8 Å². The summed E-state index contributed by atoms with van der Waals surface area (Å²) in [6, 6.07) is 0. The zero-order valence-corrected chi connectivity index (χ0v) is 12.9. The maximum atomic E-state index is 5.60. The Labute approximate surface area is 126 Å². The van der Waals surface area contributed by atoms with Crippen molar-refractivity contribution in [2.24, 2.45) is 0 Å². The second kappa shape index (κ2) is 5.72. The molecule has 3 aromatic rings. The Bertz CT molecular complexity index is 746. The number of imidazole rings is 1. The van der Waals surface area contributed by atoms with Crippen LogP contribution in [-0.4, -0.2) is 31.5 Å². The molecule has 3 rings (SSSR count). The minimum Gasteiger partial charge on any atom is -0.436 e. The maximum absolute atomic E-state index is 5.60. The van der Waals surface area contributed by atoms with Crippen LogP contribution in [0.5, 0.6) is 0 Å². The van der Waals surface area contributed by atoms with Gasteiger partial charge in [0.1, 0.15) is 16.3 Å². The molecule has 3 aromatic heterocycles. The zero-order chi connectivity index (χ0) is 14.8. The van der Waals surface area contributed by atoms with Crippen LogP contribution in [0.25, 0.3) is 11.2 Å². The van der Waals surface area contributed by atoms with E-state index < -0.39 is 0 Å². The summed E-state index contributed by atoms with van der Waals surface area (Å²) in [7, 11) is 0. The van der Waals surface area contributed by atoms with E-state index in [1.165, 1.54) is 11.8 Å². The fourth-order valence-corrected chi connectivity index (χ4v) is 2.67. The summed E-state index contributed by atoms with van der Waals surface area (Å²) in [5.41, 5.74) is 2.30. The van der Waals surface area contributed by atoms with Crippen LogP contribution < -0.4 is 5.32 Å². The topological polar surface area (TPSA) is 92.5 Å². The van der Waals surface area contributed by atoms with Gasteiger partial charge in [0.15, 0.2) is 5.65 Å². The largest absolute Gasteiger partial charge is 0.436 e. The van der Waals surface area contributed by atoms with Crippen LogP contribution in [0.2, 0.25) is 0 Å². The van der Waals surface area contributed by atoms with E-state index in [0.717, 1.165) is 35.0 Å². The Morgan fingerprint density at radius 2 is 2.14 bits per heavy atom. The van der Waals surface area contributed by atoms with E-state index in [9.17, 15) is 0 Å². The maximum Gasteiger partial charge on any atom is 0.262 e. The highest BCUT2D eigenvalue weighted by molar-refractivity contribution is 7.99. The second-order valence-electron chi connectivity index (χ2n) is 4.60. The molecule has 0 aromatic carbocycles. The minimum atomic E-state index is 0.568.